The fourth-order valence-electron chi connectivity index (χ4n) is 2.32. The van der Waals surface area contributed by atoms with E-state index in [-0.39, 0.29) is 5.91 Å². The molecule has 1 saturated carbocycles. The van der Waals surface area contributed by atoms with Gasteiger partial charge in [0.25, 0.3) is 0 Å². The number of hydrogen-bond acceptors (Lipinski definition) is 2. The number of carbonyl (C=O) groups is 1. The van der Waals surface area contributed by atoms with Crippen LogP contribution in [0.1, 0.15) is 32.1 Å². The average molecular weight is 168 g/mol. The quantitative estimate of drug-likeness (QED) is 0.631. The minimum atomic E-state index is 0.243. The molecular weight excluding hydrogens is 152 g/mol. The summed E-state index contributed by atoms with van der Waals surface area (Å²) in [6.45, 7) is 0. The zero-order valence-corrected chi connectivity index (χ0v) is 7.55. The van der Waals surface area contributed by atoms with Crippen LogP contribution < -0.4 is 5.43 Å². The summed E-state index contributed by atoms with van der Waals surface area (Å²) in [5.41, 5.74) is 3.23. The van der Waals surface area contributed by atoms with E-state index in [1.54, 1.807) is 5.01 Å². The molecule has 1 aliphatic carbocycles. The van der Waals surface area contributed by atoms with Crippen LogP contribution in [-0.2, 0) is 4.79 Å². The second-order valence-electron chi connectivity index (χ2n) is 3.94. The average Bonchev–Trinajstić information content (AvgIpc) is 2.61. The smallest absolute Gasteiger partial charge is 0.238 e. The van der Waals surface area contributed by atoms with Crippen molar-refractivity contribution in [2.24, 2.45) is 5.92 Å². The van der Waals surface area contributed by atoms with Crippen molar-refractivity contribution >= 4 is 5.91 Å². The Hall–Kier alpha value is -0.570. The van der Waals surface area contributed by atoms with E-state index in [1.807, 2.05) is 7.05 Å². The lowest BCUT2D eigenvalue weighted by Crippen LogP contribution is -2.36. The molecular formula is C9H16N2O. The molecule has 0 bridgehead atoms. The molecule has 1 amide bonds. The Kier molecular flexibility index (Phi) is 2.05. The Bertz CT molecular complexity index is 187. The number of amides is 1. The van der Waals surface area contributed by atoms with E-state index in [0.29, 0.717) is 12.5 Å². The van der Waals surface area contributed by atoms with Gasteiger partial charge in [0.1, 0.15) is 0 Å². The minimum absolute atomic E-state index is 0.243. The van der Waals surface area contributed by atoms with Crippen LogP contribution in [0.3, 0.4) is 0 Å². The molecule has 0 aromatic carbocycles. The predicted molar refractivity (Wildman–Crippen MR) is 46.3 cm³/mol. The van der Waals surface area contributed by atoms with Crippen molar-refractivity contribution in [3.63, 3.8) is 0 Å². The summed E-state index contributed by atoms with van der Waals surface area (Å²) in [5.74, 6) is 0.991. The first-order valence-electron chi connectivity index (χ1n) is 4.80. The molecule has 0 spiro atoms. The van der Waals surface area contributed by atoms with Crippen LogP contribution in [0, 0.1) is 5.92 Å². The molecule has 12 heavy (non-hydrogen) atoms. The van der Waals surface area contributed by atoms with Crippen molar-refractivity contribution in [2.75, 3.05) is 7.05 Å². The van der Waals surface area contributed by atoms with E-state index in [1.165, 1.54) is 25.7 Å². The molecule has 1 N–H and O–H groups in total. The Balaban J connectivity index is 1.93. The lowest BCUT2D eigenvalue weighted by Gasteiger charge is -2.18. The SMILES string of the molecule is CN1NC(C2CCCC2)CC1=O. The molecule has 1 unspecified atom stereocenters. The van der Waals surface area contributed by atoms with E-state index in [4.69, 9.17) is 0 Å². The summed E-state index contributed by atoms with van der Waals surface area (Å²) in [4.78, 5) is 11.2. The third-order valence-electron chi connectivity index (χ3n) is 3.10. The maximum absolute atomic E-state index is 11.2. The lowest BCUT2D eigenvalue weighted by atomic mass is 9.97. The molecule has 1 aliphatic heterocycles. The first-order chi connectivity index (χ1) is 5.77. The number of hydrogen-bond donors (Lipinski definition) is 1. The predicted octanol–water partition coefficient (Wildman–Crippen LogP) is 0.912. The van der Waals surface area contributed by atoms with Crippen LogP contribution >= 0.6 is 0 Å². The molecule has 3 heteroatoms. The highest BCUT2D eigenvalue weighted by atomic mass is 16.2. The topological polar surface area (TPSA) is 32.3 Å². The standard InChI is InChI=1S/C9H16N2O/c1-11-9(12)6-8(10-11)7-4-2-3-5-7/h7-8,10H,2-6H2,1H3. The molecule has 2 rings (SSSR count). The van der Waals surface area contributed by atoms with Gasteiger partial charge in [-0.2, -0.15) is 0 Å². The molecule has 68 valence electrons. The number of carbonyl (C=O) groups excluding carboxylic acids is 1. The van der Waals surface area contributed by atoms with Gasteiger partial charge in [-0.25, -0.2) is 5.43 Å². The van der Waals surface area contributed by atoms with Gasteiger partial charge in [-0.3, -0.25) is 9.80 Å². The molecule has 2 aliphatic rings. The Morgan fingerprint density at radius 3 is 2.58 bits per heavy atom. The molecule has 1 atom stereocenters. The molecule has 1 heterocycles. The Morgan fingerprint density at radius 1 is 1.42 bits per heavy atom. The van der Waals surface area contributed by atoms with Crippen LogP contribution in [0.2, 0.25) is 0 Å². The van der Waals surface area contributed by atoms with Crippen molar-refractivity contribution in [3.8, 4) is 0 Å². The first kappa shape index (κ1) is 8.05. The second-order valence-corrected chi connectivity index (χ2v) is 3.94. The van der Waals surface area contributed by atoms with Gasteiger partial charge in [-0.1, -0.05) is 12.8 Å². The number of hydrazine groups is 1. The minimum Gasteiger partial charge on any atom is -0.281 e. The van der Waals surface area contributed by atoms with Crippen molar-refractivity contribution < 1.29 is 4.79 Å². The molecule has 0 aromatic rings. The first-order valence-corrected chi connectivity index (χ1v) is 4.80. The summed E-state index contributed by atoms with van der Waals surface area (Å²) < 4.78 is 0. The summed E-state index contributed by atoms with van der Waals surface area (Å²) in [6, 6.07) is 0.435. The van der Waals surface area contributed by atoms with Gasteiger partial charge >= 0.3 is 0 Å². The molecule has 2 fully saturated rings. The van der Waals surface area contributed by atoms with Crippen LogP contribution in [0.25, 0.3) is 0 Å². The van der Waals surface area contributed by atoms with Gasteiger partial charge in [0.05, 0.1) is 0 Å². The molecule has 1 saturated heterocycles. The van der Waals surface area contributed by atoms with Crippen molar-refractivity contribution in [2.45, 2.75) is 38.1 Å². The number of nitrogens with one attached hydrogen (secondary N) is 1. The van der Waals surface area contributed by atoms with E-state index >= 15 is 0 Å². The van der Waals surface area contributed by atoms with Gasteiger partial charge in [0, 0.05) is 19.5 Å². The Morgan fingerprint density at radius 2 is 2.08 bits per heavy atom. The summed E-state index contributed by atoms with van der Waals surface area (Å²) in [6.07, 6.45) is 6.01. The van der Waals surface area contributed by atoms with E-state index < -0.39 is 0 Å². The highest BCUT2D eigenvalue weighted by molar-refractivity contribution is 5.78. The Labute approximate surface area is 73.1 Å². The summed E-state index contributed by atoms with van der Waals surface area (Å²) in [7, 11) is 1.82. The highest BCUT2D eigenvalue weighted by Crippen LogP contribution is 2.30. The van der Waals surface area contributed by atoms with Crippen molar-refractivity contribution in [1.29, 1.82) is 0 Å². The van der Waals surface area contributed by atoms with Gasteiger partial charge in [0.15, 0.2) is 0 Å². The van der Waals surface area contributed by atoms with Gasteiger partial charge < -0.3 is 0 Å². The third kappa shape index (κ3) is 1.33. The zero-order chi connectivity index (χ0) is 8.55. The van der Waals surface area contributed by atoms with Crippen LogP contribution in [0.15, 0.2) is 0 Å². The number of nitrogens with zero attached hydrogens (tertiary/aromatic N) is 1. The van der Waals surface area contributed by atoms with E-state index in [2.05, 4.69) is 5.43 Å². The zero-order valence-electron chi connectivity index (χ0n) is 7.55. The van der Waals surface area contributed by atoms with Gasteiger partial charge in [-0.05, 0) is 18.8 Å². The largest absolute Gasteiger partial charge is 0.281 e. The monoisotopic (exact) mass is 168 g/mol. The van der Waals surface area contributed by atoms with Crippen molar-refractivity contribution in [3.05, 3.63) is 0 Å². The maximum atomic E-state index is 11.2. The van der Waals surface area contributed by atoms with Crippen LogP contribution in [0.4, 0.5) is 0 Å². The van der Waals surface area contributed by atoms with Crippen LogP contribution in [0.5, 0.6) is 0 Å². The number of rotatable bonds is 1. The third-order valence-corrected chi connectivity index (χ3v) is 3.10. The maximum Gasteiger partial charge on any atom is 0.238 e. The van der Waals surface area contributed by atoms with E-state index in [0.717, 1.165) is 5.92 Å². The fraction of sp³-hybridized carbons (Fsp3) is 0.889. The fourth-order valence-corrected chi connectivity index (χ4v) is 2.32. The highest BCUT2D eigenvalue weighted by Gasteiger charge is 2.33. The summed E-state index contributed by atoms with van der Waals surface area (Å²) in [5, 5.41) is 1.64. The molecule has 0 aromatic heterocycles. The van der Waals surface area contributed by atoms with Crippen molar-refractivity contribution in [1.82, 2.24) is 10.4 Å². The van der Waals surface area contributed by atoms with Gasteiger partial charge in [0.2, 0.25) is 5.91 Å². The molecule has 0 radical (unpaired) electrons. The normalized spacial score (nSPS) is 31.9. The van der Waals surface area contributed by atoms with Gasteiger partial charge in [-0.15, -0.1) is 0 Å². The molecule has 3 nitrogen and oxygen atoms in total. The van der Waals surface area contributed by atoms with E-state index in [9.17, 15) is 4.79 Å². The second kappa shape index (κ2) is 3.05. The summed E-state index contributed by atoms with van der Waals surface area (Å²) >= 11 is 0. The van der Waals surface area contributed by atoms with Crippen LogP contribution in [-0.4, -0.2) is 24.0 Å². The lowest BCUT2D eigenvalue weighted by molar-refractivity contribution is -0.128.